The number of ether oxygens (including phenoxy) is 3. The van der Waals surface area contributed by atoms with Crippen LogP contribution >= 0.6 is 0 Å². The van der Waals surface area contributed by atoms with Gasteiger partial charge in [0.1, 0.15) is 17.5 Å². The minimum absolute atomic E-state index is 0.0121. The second kappa shape index (κ2) is 6.29. The van der Waals surface area contributed by atoms with E-state index < -0.39 is 68.8 Å². The fourth-order valence-electron chi connectivity index (χ4n) is 4.05. The highest BCUT2D eigenvalue weighted by Crippen LogP contribution is 2.58. The molecule has 0 aromatic rings. The fraction of sp³-hybridized carbons (Fsp3) is 0.688. The van der Waals surface area contributed by atoms with Crippen LogP contribution in [-0.2, 0) is 38.7 Å². The second-order valence-corrected chi connectivity index (χ2v) is 8.84. The predicted molar refractivity (Wildman–Crippen MR) is 85.6 cm³/mol. The fourth-order valence-corrected chi connectivity index (χ4v) is 4.52. The highest BCUT2D eigenvalue weighted by atomic mass is 32.2. The molecule has 2 saturated heterocycles. The van der Waals surface area contributed by atoms with Gasteiger partial charge in [-0.25, -0.2) is 4.79 Å². The van der Waals surface area contributed by atoms with Crippen molar-refractivity contribution < 1.29 is 50.3 Å². The van der Waals surface area contributed by atoms with Crippen molar-refractivity contribution in [2.45, 2.75) is 55.9 Å². The molecule has 3 aliphatic rings. The van der Waals surface area contributed by atoms with E-state index in [1.54, 1.807) is 0 Å². The number of carbonyl (C=O) groups excluding carboxylic acids is 3. The van der Waals surface area contributed by atoms with E-state index in [1.807, 2.05) is 0 Å². The normalized spacial score (nSPS) is 35.0. The number of rotatable bonds is 6. The third-order valence-corrected chi connectivity index (χ3v) is 6.39. The maximum atomic E-state index is 13.6. The molecule has 0 radical (unpaired) electrons. The Kier molecular flexibility index (Phi) is 4.67. The first kappa shape index (κ1) is 20.8. The number of ketones is 1. The summed E-state index contributed by atoms with van der Waals surface area (Å²) in [5.74, 6) is -4.71. The number of hydrogen-bond donors (Lipinski definition) is 1. The van der Waals surface area contributed by atoms with Crippen LogP contribution in [0.1, 0.15) is 26.7 Å². The summed E-state index contributed by atoms with van der Waals surface area (Å²) in [7, 11) is -5.81. The monoisotopic (exact) mass is 424 g/mol. The smallest absolute Gasteiger partial charge is 0.405 e. The molecule has 0 spiro atoms. The van der Waals surface area contributed by atoms with Crippen LogP contribution < -0.4 is 0 Å². The summed E-state index contributed by atoms with van der Waals surface area (Å²) in [6.07, 6.45) is -4.54. The Bertz CT molecular complexity index is 867. The van der Waals surface area contributed by atoms with Crippen LogP contribution in [0.5, 0.6) is 0 Å². The topological polar surface area (TPSA) is 133 Å². The van der Waals surface area contributed by atoms with Crippen LogP contribution in [-0.4, -0.2) is 59.9 Å². The molecule has 2 aliphatic heterocycles. The summed E-state index contributed by atoms with van der Waals surface area (Å²) in [4.78, 5) is 36.7. The lowest BCUT2D eigenvalue weighted by Crippen LogP contribution is -2.48. The van der Waals surface area contributed by atoms with E-state index in [2.05, 4.69) is 11.3 Å². The molecule has 156 valence electrons. The van der Waals surface area contributed by atoms with E-state index in [0.717, 1.165) is 0 Å². The number of Topliss-reactive ketones (excluding diaryl/α,β-unsaturated/α-hetero) is 1. The number of hydrogen-bond acceptors (Lipinski definition) is 8. The van der Waals surface area contributed by atoms with Crippen molar-refractivity contribution in [3.05, 3.63) is 12.2 Å². The summed E-state index contributed by atoms with van der Waals surface area (Å²) in [5, 5.41) is -4.72. The highest BCUT2D eigenvalue weighted by molar-refractivity contribution is 7.86. The second-order valence-electron chi connectivity index (χ2n) is 7.34. The zero-order valence-corrected chi connectivity index (χ0v) is 15.7. The molecular formula is C16H18F2O9S. The number of esters is 2. The number of carbonyl (C=O) groups is 3. The van der Waals surface area contributed by atoms with Gasteiger partial charge in [-0.3, -0.25) is 14.1 Å². The van der Waals surface area contributed by atoms with Crippen molar-refractivity contribution >= 4 is 27.8 Å². The predicted octanol–water partition coefficient (Wildman–Crippen LogP) is 0.633. The lowest BCUT2D eigenvalue weighted by Gasteiger charge is -2.32. The molecule has 9 nitrogen and oxygen atoms in total. The van der Waals surface area contributed by atoms with E-state index in [0.29, 0.717) is 6.92 Å². The first-order valence-electron chi connectivity index (χ1n) is 8.33. The van der Waals surface area contributed by atoms with Gasteiger partial charge in [-0.2, -0.15) is 17.2 Å². The molecule has 0 amide bonds. The van der Waals surface area contributed by atoms with Gasteiger partial charge < -0.3 is 14.2 Å². The van der Waals surface area contributed by atoms with Crippen molar-refractivity contribution in [3.8, 4) is 0 Å². The van der Waals surface area contributed by atoms with Crippen LogP contribution in [0.15, 0.2) is 12.2 Å². The van der Waals surface area contributed by atoms with Crippen molar-refractivity contribution in [2.75, 3.05) is 0 Å². The van der Waals surface area contributed by atoms with Crippen LogP contribution in [0.4, 0.5) is 8.78 Å². The summed E-state index contributed by atoms with van der Waals surface area (Å²) >= 11 is 0. The van der Waals surface area contributed by atoms with Crippen LogP contribution in [0.25, 0.3) is 0 Å². The molecule has 6 unspecified atom stereocenters. The van der Waals surface area contributed by atoms with Gasteiger partial charge in [0, 0.05) is 18.4 Å². The molecule has 6 atom stereocenters. The van der Waals surface area contributed by atoms with Gasteiger partial charge in [0.25, 0.3) is 0 Å². The maximum absolute atomic E-state index is 13.6. The van der Waals surface area contributed by atoms with Crippen LogP contribution in [0.3, 0.4) is 0 Å². The van der Waals surface area contributed by atoms with E-state index in [1.165, 1.54) is 6.92 Å². The Morgan fingerprint density at radius 2 is 2.04 bits per heavy atom. The maximum Gasteiger partial charge on any atom is 0.405 e. The minimum Gasteiger partial charge on any atom is -0.455 e. The molecule has 0 aromatic heterocycles. The molecule has 0 aromatic carbocycles. The van der Waals surface area contributed by atoms with Crippen molar-refractivity contribution in [2.24, 2.45) is 11.8 Å². The lowest BCUT2D eigenvalue weighted by molar-refractivity contribution is -0.169. The average molecular weight is 424 g/mol. The number of halogens is 2. The van der Waals surface area contributed by atoms with Gasteiger partial charge in [-0.15, -0.1) is 0 Å². The average Bonchev–Trinajstić information content (AvgIpc) is 3.12. The Labute approximate surface area is 158 Å². The SMILES string of the molecule is C=C(C)C(=O)OC12CC(=O)C3C(C(=O)OC(C)C(F)(F)S(=O)(=O)O)C(C1)OC32. The van der Waals surface area contributed by atoms with Gasteiger partial charge in [0.2, 0.25) is 0 Å². The van der Waals surface area contributed by atoms with E-state index in [-0.39, 0.29) is 18.4 Å². The zero-order valence-electron chi connectivity index (χ0n) is 14.9. The summed E-state index contributed by atoms with van der Waals surface area (Å²) in [6.45, 7) is 5.50. The minimum atomic E-state index is -5.81. The molecule has 2 heterocycles. The van der Waals surface area contributed by atoms with Crippen molar-refractivity contribution in [1.29, 1.82) is 0 Å². The standard InChI is InChI=1S/C16H18F2O9S/c1-6(2)13(20)27-15-4-8(19)10-11(9(5-15)26-12(10)15)14(21)25-7(3)16(17,18)28(22,23)24/h7,9-12H,1,4-5H2,2-3H3,(H,22,23,24). The Balaban J connectivity index is 1.77. The summed E-state index contributed by atoms with van der Waals surface area (Å²) < 4.78 is 73.0. The number of alkyl halides is 2. The van der Waals surface area contributed by atoms with Crippen molar-refractivity contribution in [3.63, 3.8) is 0 Å². The molecule has 1 saturated carbocycles. The van der Waals surface area contributed by atoms with Gasteiger partial charge in [-0.1, -0.05) is 6.58 Å². The molecule has 1 aliphatic carbocycles. The van der Waals surface area contributed by atoms with Crippen molar-refractivity contribution in [1.82, 2.24) is 0 Å². The molecule has 2 bridgehead atoms. The molecule has 1 N–H and O–H groups in total. The van der Waals surface area contributed by atoms with E-state index in [9.17, 15) is 31.6 Å². The summed E-state index contributed by atoms with van der Waals surface area (Å²) in [5.41, 5.74) is -1.13. The third-order valence-electron chi connectivity index (χ3n) is 5.37. The first-order chi connectivity index (χ1) is 12.7. The van der Waals surface area contributed by atoms with Gasteiger partial charge >= 0.3 is 27.3 Å². The molecule has 3 rings (SSSR count). The molecular weight excluding hydrogens is 406 g/mol. The van der Waals surface area contributed by atoms with Gasteiger partial charge in [0.15, 0.2) is 6.10 Å². The zero-order chi connectivity index (χ0) is 21.2. The highest BCUT2D eigenvalue weighted by Gasteiger charge is 2.73. The Morgan fingerprint density at radius 3 is 2.57 bits per heavy atom. The van der Waals surface area contributed by atoms with E-state index >= 15 is 0 Å². The lowest BCUT2D eigenvalue weighted by atomic mass is 9.77. The Morgan fingerprint density at radius 1 is 1.43 bits per heavy atom. The summed E-state index contributed by atoms with van der Waals surface area (Å²) in [6, 6.07) is 0. The molecule has 3 fully saturated rings. The van der Waals surface area contributed by atoms with E-state index in [4.69, 9.17) is 14.0 Å². The molecule has 12 heteroatoms. The van der Waals surface area contributed by atoms with Gasteiger partial charge in [-0.05, 0) is 13.8 Å². The largest absolute Gasteiger partial charge is 0.455 e. The van der Waals surface area contributed by atoms with Gasteiger partial charge in [0.05, 0.1) is 17.9 Å². The van der Waals surface area contributed by atoms with Crippen LogP contribution in [0.2, 0.25) is 0 Å². The van der Waals surface area contributed by atoms with Crippen LogP contribution in [0, 0.1) is 11.8 Å². The first-order valence-corrected chi connectivity index (χ1v) is 9.77. The quantitative estimate of drug-likeness (QED) is 0.370. The number of fused-ring (bicyclic) bond motifs is 1. The molecule has 28 heavy (non-hydrogen) atoms. The third kappa shape index (κ3) is 2.94. The Hall–Kier alpha value is -1.92.